The minimum absolute atomic E-state index is 0.152. The molecular weight excluding hydrogens is 164 g/mol. The fourth-order valence-corrected chi connectivity index (χ4v) is 3.77. The monoisotopic (exact) mass is 180 g/mol. The molecule has 62 valence electrons. The molecule has 0 bridgehead atoms. The van der Waals surface area contributed by atoms with Crippen LogP contribution in [0.5, 0.6) is 0 Å². The van der Waals surface area contributed by atoms with Gasteiger partial charge in [0.15, 0.2) is 0 Å². The van der Waals surface area contributed by atoms with Crippen LogP contribution in [0.3, 0.4) is 0 Å². The summed E-state index contributed by atoms with van der Waals surface area (Å²) in [6.45, 7) is 6.36. The second kappa shape index (κ2) is 3.77. The second-order valence-electron chi connectivity index (χ2n) is 3.43. The first-order chi connectivity index (χ1) is 4.39. The van der Waals surface area contributed by atoms with E-state index in [-0.39, 0.29) is 10.00 Å². The van der Waals surface area contributed by atoms with Crippen molar-refractivity contribution < 1.29 is 4.21 Å². The Morgan fingerprint density at radius 2 is 1.80 bits per heavy atom. The maximum Gasteiger partial charge on any atom is 0.0843 e. The summed E-state index contributed by atoms with van der Waals surface area (Å²) in [6.07, 6.45) is 3.78. The van der Waals surface area contributed by atoms with Gasteiger partial charge in [-0.05, 0) is 11.7 Å². The summed E-state index contributed by atoms with van der Waals surface area (Å²) in [5, 5.41) is 0. The molecular formula is C7H16OS2. The van der Waals surface area contributed by atoms with Gasteiger partial charge in [-0.3, -0.25) is 4.21 Å². The van der Waals surface area contributed by atoms with Crippen molar-refractivity contribution in [2.45, 2.75) is 25.4 Å². The molecule has 0 rings (SSSR count). The summed E-state index contributed by atoms with van der Waals surface area (Å²) < 4.78 is 11.4. The molecule has 0 spiro atoms. The molecule has 0 aromatic carbocycles. The molecule has 0 fully saturated rings. The Morgan fingerprint density at radius 3 is 1.80 bits per heavy atom. The highest BCUT2D eigenvalue weighted by atomic mass is 32.2. The van der Waals surface area contributed by atoms with Crippen molar-refractivity contribution in [3.8, 4) is 0 Å². The van der Waals surface area contributed by atoms with Crippen molar-refractivity contribution in [2.75, 3.05) is 12.5 Å². The van der Waals surface area contributed by atoms with Crippen LogP contribution < -0.4 is 0 Å². The Hall–Kier alpha value is 0.500. The van der Waals surface area contributed by atoms with E-state index in [1.165, 1.54) is 0 Å². The van der Waals surface area contributed by atoms with Crippen molar-refractivity contribution in [3.63, 3.8) is 0 Å². The highest BCUT2D eigenvalue weighted by Crippen LogP contribution is 2.30. The van der Waals surface area contributed by atoms with Gasteiger partial charge in [-0.25, -0.2) is 0 Å². The van der Waals surface area contributed by atoms with E-state index in [2.05, 4.69) is 20.8 Å². The topological polar surface area (TPSA) is 17.1 Å². The maximum absolute atomic E-state index is 11.1. The fourth-order valence-electron chi connectivity index (χ4n) is 0.987. The van der Waals surface area contributed by atoms with E-state index in [0.717, 1.165) is 0 Å². The Balaban J connectivity index is 4.22. The van der Waals surface area contributed by atoms with Gasteiger partial charge in [0.1, 0.15) is 0 Å². The van der Waals surface area contributed by atoms with E-state index >= 15 is 0 Å². The lowest BCUT2D eigenvalue weighted by molar-refractivity contribution is 0.453. The summed E-state index contributed by atoms with van der Waals surface area (Å²) in [5.41, 5.74) is 0.152. The summed E-state index contributed by atoms with van der Waals surface area (Å²) in [6, 6.07) is 0. The average molecular weight is 180 g/mol. The van der Waals surface area contributed by atoms with Gasteiger partial charge in [-0.2, -0.15) is 0 Å². The van der Waals surface area contributed by atoms with E-state index < -0.39 is 10.8 Å². The predicted molar refractivity (Wildman–Crippen MR) is 50.8 cm³/mol. The zero-order valence-corrected chi connectivity index (χ0v) is 8.94. The number of thioether (sulfide) groups is 1. The number of hydrogen-bond acceptors (Lipinski definition) is 2. The van der Waals surface area contributed by atoms with Crippen LogP contribution in [0, 0.1) is 5.41 Å². The van der Waals surface area contributed by atoms with Gasteiger partial charge in [-0.15, -0.1) is 11.8 Å². The maximum atomic E-state index is 11.1. The first-order valence-electron chi connectivity index (χ1n) is 3.24. The van der Waals surface area contributed by atoms with Crippen molar-refractivity contribution in [3.05, 3.63) is 0 Å². The molecule has 0 unspecified atom stereocenters. The first kappa shape index (κ1) is 10.5. The third-order valence-electron chi connectivity index (χ3n) is 1.22. The van der Waals surface area contributed by atoms with Crippen LogP contribution >= 0.6 is 11.8 Å². The van der Waals surface area contributed by atoms with Crippen LogP contribution in [0.2, 0.25) is 0 Å². The van der Waals surface area contributed by atoms with E-state index in [4.69, 9.17) is 0 Å². The van der Waals surface area contributed by atoms with Crippen LogP contribution in [0.1, 0.15) is 20.8 Å². The molecule has 0 aliphatic carbocycles. The average Bonchev–Trinajstić information content (AvgIpc) is 1.60. The third kappa shape index (κ3) is 3.06. The molecule has 2 atom stereocenters. The van der Waals surface area contributed by atoms with Crippen molar-refractivity contribution in [2.24, 2.45) is 5.41 Å². The fraction of sp³-hybridized carbons (Fsp3) is 1.00. The molecule has 10 heavy (non-hydrogen) atoms. The molecule has 0 aliphatic rings. The van der Waals surface area contributed by atoms with E-state index in [0.29, 0.717) is 0 Å². The van der Waals surface area contributed by atoms with E-state index in [1.54, 1.807) is 18.0 Å². The zero-order chi connectivity index (χ0) is 8.36. The molecule has 0 heterocycles. The summed E-state index contributed by atoms with van der Waals surface area (Å²) in [4.78, 5) is 0. The van der Waals surface area contributed by atoms with Gasteiger partial charge in [-0.1, -0.05) is 20.8 Å². The Kier molecular flexibility index (Phi) is 3.95. The van der Waals surface area contributed by atoms with Gasteiger partial charge in [0, 0.05) is 17.1 Å². The molecule has 0 amide bonds. The van der Waals surface area contributed by atoms with E-state index in [1.807, 2.05) is 6.26 Å². The van der Waals surface area contributed by atoms with Crippen LogP contribution in [0.4, 0.5) is 0 Å². The van der Waals surface area contributed by atoms with Crippen molar-refractivity contribution in [1.29, 1.82) is 0 Å². The standard InChI is InChI=1S/C7H16OS2/c1-7(2,3)6(9-4)10(5)8/h6H,1-5H3/t6-,10+/m1/s1. The lowest BCUT2D eigenvalue weighted by atomic mass is 10.0. The largest absolute Gasteiger partial charge is 0.259 e. The number of hydrogen-bond donors (Lipinski definition) is 0. The zero-order valence-electron chi connectivity index (χ0n) is 7.30. The summed E-state index contributed by atoms with van der Waals surface area (Å²) in [7, 11) is -0.710. The third-order valence-corrected chi connectivity index (χ3v) is 5.06. The molecule has 3 heteroatoms. The van der Waals surface area contributed by atoms with Gasteiger partial charge >= 0.3 is 0 Å². The highest BCUT2D eigenvalue weighted by Gasteiger charge is 2.26. The molecule has 1 nitrogen and oxygen atoms in total. The molecule has 0 radical (unpaired) electrons. The minimum Gasteiger partial charge on any atom is -0.259 e. The van der Waals surface area contributed by atoms with E-state index in [9.17, 15) is 4.21 Å². The molecule has 0 saturated heterocycles. The molecule has 0 saturated carbocycles. The van der Waals surface area contributed by atoms with Crippen molar-refractivity contribution in [1.82, 2.24) is 0 Å². The molecule has 0 aromatic heterocycles. The lowest BCUT2D eigenvalue weighted by Gasteiger charge is -2.26. The molecule has 0 N–H and O–H groups in total. The van der Waals surface area contributed by atoms with Crippen LogP contribution in [0.15, 0.2) is 0 Å². The SMILES string of the molecule is CS[C@H]([S@](C)=O)C(C)(C)C. The van der Waals surface area contributed by atoms with Gasteiger partial charge in [0.2, 0.25) is 0 Å². The Morgan fingerprint density at radius 1 is 1.40 bits per heavy atom. The van der Waals surface area contributed by atoms with Gasteiger partial charge < -0.3 is 0 Å². The summed E-state index contributed by atoms with van der Waals surface area (Å²) >= 11 is 1.68. The molecule has 0 aromatic rings. The quantitative estimate of drug-likeness (QED) is 0.647. The second-order valence-corrected chi connectivity index (χ2v) is 6.14. The van der Waals surface area contributed by atoms with Crippen molar-refractivity contribution >= 4 is 22.6 Å². The lowest BCUT2D eigenvalue weighted by Crippen LogP contribution is -2.26. The molecule has 0 aliphatic heterocycles. The Bertz CT molecular complexity index is 126. The van der Waals surface area contributed by atoms with Gasteiger partial charge in [0.25, 0.3) is 0 Å². The van der Waals surface area contributed by atoms with Crippen LogP contribution in [-0.4, -0.2) is 21.3 Å². The minimum atomic E-state index is -0.710. The first-order valence-corrected chi connectivity index (χ1v) is 6.15. The highest BCUT2D eigenvalue weighted by molar-refractivity contribution is 8.10. The van der Waals surface area contributed by atoms with Gasteiger partial charge in [0.05, 0.1) is 4.58 Å². The smallest absolute Gasteiger partial charge is 0.0843 e. The number of rotatable bonds is 2. The predicted octanol–water partition coefficient (Wildman–Crippen LogP) is 2.10. The van der Waals surface area contributed by atoms with Crippen LogP contribution in [-0.2, 0) is 10.8 Å². The normalized spacial score (nSPS) is 18.5. The van der Waals surface area contributed by atoms with Crippen LogP contribution in [0.25, 0.3) is 0 Å². The Labute approximate surface area is 70.4 Å². The summed E-state index contributed by atoms with van der Waals surface area (Å²) in [5.74, 6) is 0.